The summed E-state index contributed by atoms with van der Waals surface area (Å²) in [4.78, 5) is 16.0. The van der Waals surface area contributed by atoms with Gasteiger partial charge in [-0.1, -0.05) is 12.8 Å². The van der Waals surface area contributed by atoms with Gasteiger partial charge in [0.1, 0.15) is 5.69 Å². The number of amides is 1. The Balaban J connectivity index is 2.08. The Bertz CT molecular complexity index is 399. The molecule has 4 nitrogen and oxygen atoms in total. The number of rotatable bonds is 3. The molecule has 92 valence electrons. The zero-order valence-corrected chi connectivity index (χ0v) is 11.0. The highest BCUT2D eigenvalue weighted by atomic mass is 79.9. The first-order valence-electron chi connectivity index (χ1n) is 5.70. The molecule has 1 aliphatic carbocycles. The molecule has 0 aromatic carbocycles. The predicted molar refractivity (Wildman–Crippen MR) is 67.7 cm³/mol. The van der Waals surface area contributed by atoms with Crippen molar-refractivity contribution in [2.75, 3.05) is 6.61 Å². The van der Waals surface area contributed by atoms with Crippen molar-refractivity contribution in [2.45, 2.75) is 31.2 Å². The topological polar surface area (TPSA) is 62.2 Å². The Labute approximate surface area is 109 Å². The number of nitrogens with zero attached hydrogens (tertiary/aromatic N) is 1. The molecule has 0 aliphatic heterocycles. The van der Waals surface area contributed by atoms with Crippen LogP contribution in [-0.4, -0.2) is 28.1 Å². The lowest BCUT2D eigenvalue weighted by molar-refractivity contribution is 0.0833. The van der Waals surface area contributed by atoms with Crippen LogP contribution in [0.25, 0.3) is 0 Å². The lowest BCUT2D eigenvalue weighted by atomic mass is 9.99. The molecule has 0 saturated heterocycles. The first-order chi connectivity index (χ1) is 8.15. The monoisotopic (exact) mass is 298 g/mol. The summed E-state index contributed by atoms with van der Waals surface area (Å²) in [5.41, 5.74) is -0.0563. The predicted octanol–water partition coefficient (Wildman–Crippen LogP) is 1.88. The fraction of sp³-hybridized carbons (Fsp3) is 0.500. The summed E-state index contributed by atoms with van der Waals surface area (Å²) in [6, 6.07) is 3.45. The molecule has 0 radical (unpaired) electrons. The van der Waals surface area contributed by atoms with Crippen molar-refractivity contribution in [1.29, 1.82) is 0 Å². The fourth-order valence-electron chi connectivity index (χ4n) is 2.19. The summed E-state index contributed by atoms with van der Waals surface area (Å²) < 4.78 is 0.840. The van der Waals surface area contributed by atoms with Gasteiger partial charge in [-0.3, -0.25) is 4.79 Å². The Morgan fingerprint density at radius 1 is 1.47 bits per heavy atom. The van der Waals surface area contributed by atoms with Gasteiger partial charge in [-0.05, 0) is 40.9 Å². The van der Waals surface area contributed by atoms with Gasteiger partial charge in [-0.25, -0.2) is 4.98 Å². The lowest BCUT2D eigenvalue weighted by Gasteiger charge is -2.27. The van der Waals surface area contributed by atoms with Gasteiger partial charge in [0.05, 0.1) is 12.1 Å². The number of nitrogens with one attached hydrogen (secondary N) is 1. The second-order valence-corrected chi connectivity index (χ2v) is 5.38. The van der Waals surface area contributed by atoms with Crippen LogP contribution in [0.2, 0.25) is 0 Å². The molecule has 2 rings (SSSR count). The van der Waals surface area contributed by atoms with Gasteiger partial charge < -0.3 is 10.4 Å². The first kappa shape index (κ1) is 12.5. The number of carbonyl (C=O) groups excluding carboxylic acids is 1. The maximum Gasteiger partial charge on any atom is 0.270 e. The zero-order chi connectivity index (χ0) is 12.3. The van der Waals surface area contributed by atoms with E-state index in [1.54, 1.807) is 18.3 Å². The third-order valence-electron chi connectivity index (χ3n) is 3.20. The lowest BCUT2D eigenvalue weighted by Crippen LogP contribution is -2.49. The van der Waals surface area contributed by atoms with Crippen LogP contribution in [0.5, 0.6) is 0 Å². The largest absolute Gasteiger partial charge is 0.394 e. The second kappa shape index (κ2) is 5.14. The number of aliphatic hydroxyl groups excluding tert-OH is 1. The van der Waals surface area contributed by atoms with Crippen LogP contribution in [0, 0.1) is 0 Å². The highest BCUT2D eigenvalue weighted by Crippen LogP contribution is 2.29. The zero-order valence-electron chi connectivity index (χ0n) is 9.45. The third-order valence-corrected chi connectivity index (χ3v) is 3.67. The average Bonchev–Trinajstić information content (AvgIpc) is 2.79. The van der Waals surface area contributed by atoms with E-state index in [-0.39, 0.29) is 12.5 Å². The summed E-state index contributed by atoms with van der Waals surface area (Å²) in [7, 11) is 0. The van der Waals surface area contributed by atoms with Crippen LogP contribution in [-0.2, 0) is 0 Å². The van der Waals surface area contributed by atoms with Gasteiger partial charge in [0.25, 0.3) is 5.91 Å². The van der Waals surface area contributed by atoms with E-state index in [2.05, 4.69) is 26.2 Å². The van der Waals surface area contributed by atoms with E-state index in [9.17, 15) is 9.90 Å². The summed E-state index contributed by atoms with van der Waals surface area (Å²) in [6.45, 7) is -0.00469. The molecule has 1 amide bonds. The summed E-state index contributed by atoms with van der Waals surface area (Å²) in [5, 5.41) is 12.3. The molecule has 5 heteroatoms. The standard InChI is InChI=1S/C12H15BrN2O2/c13-9-3-4-10(14-7-9)11(17)15-12(8-16)5-1-2-6-12/h3-4,7,16H,1-2,5-6,8H2,(H,15,17). The Morgan fingerprint density at radius 2 is 2.18 bits per heavy atom. The minimum Gasteiger partial charge on any atom is -0.394 e. The molecule has 17 heavy (non-hydrogen) atoms. The van der Waals surface area contributed by atoms with E-state index in [1.165, 1.54) is 0 Å². The Hall–Kier alpha value is -0.940. The number of aliphatic hydroxyl groups is 1. The molecule has 0 atom stereocenters. The highest BCUT2D eigenvalue weighted by Gasteiger charge is 2.34. The van der Waals surface area contributed by atoms with Crippen molar-refractivity contribution in [3.63, 3.8) is 0 Å². The van der Waals surface area contributed by atoms with E-state index in [1.807, 2.05) is 0 Å². The highest BCUT2D eigenvalue weighted by molar-refractivity contribution is 9.10. The average molecular weight is 299 g/mol. The molecular weight excluding hydrogens is 284 g/mol. The molecule has 0 spiro atoms. The van der Waals surface area contributed by atoms with E-state index < -0.39 is 5.54 Å². The molecule has 1 fully saturated rings. The maximum atomic E-state index is 12.0. The number of hydrogen-bond acceptors (Lipinski definition) is 3. The van der Waals surface area contributed by atoms with Crippen LogP contribution in [0.4, 0.5) is 0 Å². The summed E-state index contributed by atoms with van der Waals surface area (Å²) in [5.74, 6) is -0.214. The maximum absolute atomic E-state index is 12.0. The van der Waals surface area contributed by atoms with Crippen LogP contribution >= 0.6 is 15.9 Å². The third kappa shape index (κ3) is 2.84. The van der Waals surface area contributed by atoms with Crippen molar-refractivity contribution in [2.24, 2.45) is 0 Å². The van der Waals surface area contributed by atoms with Crippen LogP contribution < -0.4 is 5.32 Å². The fourth-order valence-corrected chi connectivity index (χ4v) is 2.42. The minimum absolute atomic E-state index is 0.00469. The Morgan fingerprint density at radius 3 is 2.71 bits per heavy atom. The van der Waals surface area contributed by atoms with Crippen LogP contribution in [0.1, 0.15) is 36.2 Å². The van der Waals surface area contributed by atoms with Gasteiger partial charge in [-0.2, -0.15) is 0 Å². The molecule has 1 saturated carbocycles. The molecule has 0 bridgehead atoms. The van der Waals surface area contributed by atoms with E-state index in [0.29, 0.717) is 5.69 Å². The molecular formula is C12H15BrN2O2. The van der Waals surface area contributed by atoms with E-state index in [4.69, 9.17) is 0 Å². The smallest absolute Gasteiger partial charge is 0.270 e. The quantitative estimate of drug-likeness (QED) is 0.896. The van der Waals surface area contributed by atoms with E-state index >= 15 is 0 Å². The van der Waals surface area contributed by atoms with E-state index in [0.717, 1.165) is 30.2 Å². The van der Waals surface area contributed by atoms with Gasteiger partial charge in [0, 0.05) is 10.7 Å². The van der Waals surface area contributed by atoms with Crippen molar-refractivity contribution < 1.29 is 9.90 Å². The van der Waals surface area contributed by atoms with Gasteiger partial charge in [-0.15, -0.1) is 0 Å². The number of aromatic nitrogens is 1. The van der Waals surface area contributed by atoms with Gasteiger partial charge in [0.2, 0.25) is 0 Å². The normalized spacial score (nSPS) is 18.0. The molecule has 1 aromatic heterocycles. The van der Waals surface area contributed by atoms with Crippen molar-refractivity contribution in [3.8, 4) is 0 Å². The SMILES string of the molecule is O=C(NC1(CO)CCCC1)c1ccc(Br)cn1. The number of halogens is 1. The number of hydrogen-bond donors (Lipinski definition) is 2. The molecule has 0 unspecified atom stereocenters. The molecule has 1 aliphatic rings. The second-order valence-electron chi connectivity index (χ2n) is 4.46. The molecule has 2 N–H and O–H groups in total. The number of carbonyl (C=O) groups is 1. The minimum atomic E-state index is -0.439. The Kier molecular flexibility index (Phi) is 3.79. The van der Waals surface area contributed by atoms with Crippen LogP contribution in [0.15, 0.2) is 22.8 Å². The van der Waals surface area contributed by atoms with Gasteiger partial charge in [0.15, 0.2) is 0 Å². The molecule has 1 heterocycles. The van der Waals surface area contributed by atoms with Gasteiger partial charge >= 0.3 is 0 Å². The van der Waals surface area contributed by atoms with Crippen LogP contribution in [0.3, 0.4) is 0 Å². The summed E-state index contributed by atoms with van der Waals surface area (Å²) in [6.07, 6.45) is 5.37. The van der Waals surface area contributed by atoms with Crippen molar-refractivity contribution >= 4 is 21.8 Å². The molecule has 1 aromatic rings. The first-order valence-corrected chi connectivity index (χ1v) is 6.49. The summed E-state index contributed by atoms with van der Waals surface area (Å²) >= 11 is 3.27. The van der Waals surface area contributed by atoms with Crippen molar-refractivity contribution in [3.05, 3.63) is 28.5 Å². The number of pyridine rings is 1. The van der Waals surface area contributed by atoms with Crippen molar-refractivity contribution in [1.82, 2.24) is 10.3 Å².